The number of carbonyl (C=O) groups excluding carboxylic acids is 2. The van der Waals surface area contributed by atoms with Gasteiger partial charge in [-0.25, -0.2) is 0 Å². The summed E-state index contributed by atoms with van der Waals surface area (Å²) in [6, 6.07) is 0. The fourth-order valence-electron chi connectivity index (χ4n) is 2.01. The lowest BCUT2D eigenvalue weighted by Gasteiger charge is -2.10. The Morgan fingerprint density at radius 1 is 1.12 bits per heavy atom. The van der Waals surface area contributed by atoms with Gasteiger partial charge in [-0.05, 0) is 19.3 Å². The van der Waals surface area contributed by atoms with E-state index in [0.717, 1.165) is 0 Å². The van der Waals surface area contributed by atoms with Crippen molar-refractivity contribution in [1.82, 2.24) is 10.6 Å². The molecule has 1 aliphatic carbocycles. The van der Waals surface area contributed by atoms with E-state index in [0.29, 0.717) is 32.4 Å². The number of aliphatic carboxylic acids is 1. The Balaban J connectivity index is 2.21. The molecule has 17 heavy (non-hydrogen) atoms. The molecule has 6 nitrogen and oxygen atoms in total. The number of carbonyl (C=O) groups is 3. The molecule has 0 radical (unpaired) electrons. The highest BCUT2D eigenvalue weighted by atomic mass is 16.4. The van der Waals surface area contributed by atoms with Crippen LogP contribution in [0, 0.1) is 11.8 Å². The van der Waals surface area contributed by atoms with Gasteiger partial charge in [0, 0.05) is 25.9 Å². The molecule has 2 atom stereocenters. The molecule has 96 valence electrons. The Kier molecular flexibility index (Phi) is 4.93. The first-order valence-corrected chi connectivity index (χ1v) is 5.75. The molecule has 0 aliphatic heterocycles. The number of carboxylic acids is 1. The Labute approximate surface area is 99.8 Å². The third-order valence-corrected chi connectivity index (χ3v) is 2.95. The molecule has 0 bridgehead atoms. The molecular weight excluding hydrogens is 224 g/mol. The topological polar surface area (TPSA) is 95.5 Å². The van der Waals surface area contributed by atoms with Gasteiger partial charge in [0.1, 0.15) is 0 Å². The van der Waals surface area contributed by atoms with E-state index in [9.17, 15) is 14.4 Å². The van der Waals surface area contributed by atoms with Crippen molar-refractivity contribution in [3.63, 3.8) is 0 Å². The van der Waals surface area contributed by atoms with E-state index < -0.39 is 5.97 Å². The summed E-state index contributed by atoms with van der Waals surface area (Å²) in [6.07, 6.45) is 1.61. The Morgan fingerprint density at radius 3 is 2.24 bits per heavy atom. The monoisotopic (exact) mass is 242 g/mol. The zero-order valence-corrected chi connectivity index (χ0v) is 9.86. The minimum atomic E-state index is -0.821. The first kappa shape index (κ1) is 13.5. The van der Waals surface area contributed by atoms with Gasteiger partial charge in [-0.15, -0.1) is 0 Å². The second-order valence-corrected chi connectivity index (χ2v) is 4.32. The smallest absolute Gasteiger partial charge is 0.306 e. The van der Waals surface area contributed by atoms with Crippen molar-refractivity contribution >= 4 is 17.8 Å². The predicted molar refractivity (Wildman–Crippen MR) is 60.2 cm³/mol. The highest BCUT2D eigenvalue weighted by Gasteiger charge is 2.33. The van der Waals surface area contributed by atoms with Crippen molar-refractivity contribution in [2.75, 3.05) is 13.1 Å². The van der Waals surface area contributed by atoms with E-state index >= 15 is 0 Å². The average Bonchev–Trinajstić information content (AvgIpc) is 2.73. The van der Waals surface area contributed by atoms with Gasteiger partial charge < -0.3 is 15.7 Å². The van der Waals surface area contributed by atoms with E-state index in [1.54, 1.807) is 0 Å². The van der Waals surface area contributed by atoms with Crippen molar-refractivity contribution in [3.8, 4) is 0 Å². The molecule has 2 amide bonds. The molecule has 3 N–H and O–H groups in total. The highest BCUT2D eigenvalue weighted by molar-refractivity contribution is 5.80. The zero-order valence-electron chi connectivity index (χ0n) is 9.86. The molecule has 0 aromatic carbocycles. The van der Waals surface area contributed by atoms with Crippen LogP contribution in [0.2, 0.25) is 0 Å². The summed E-state index contributed by atoms with van der Waals surface area (Å²) >= 11 is 0. The quantitative estimate of drug-likeness (QED) is 0.579. The van der Waals surface area contributed by atoms with Crippen LogP contribution in [0.4, 0.5) is 0 Å². The summed E-state index contributed by atoms with van der Waals surface area (Å²) < 4.78 is 0. The molecule has 2 unspecified atom stereocenters. The van der Waals surface area contributed by atoms with E-state index in [1.807, 2.05) is 0 Å². The van der Waals surface area contributed by atoms with E-state index in [4.69, 9.17) is 5.11 Å². The third-order valence-electron chi connectivity index (χ3n) is 2.95. The molecule has 6 heteroatoms. The van der Waals surface area contributed by atoms with Crippen LogP contribution in [-0.2, 0) is 14.4 Å². The van der Waals surface area contributed by atoms with Crippen LogP contribution >= 0.6 is 0 Å². The van der Waals surface area contributed by atoms with Crippen molar-refractivity contribution in [2.45, 2.75) is 26.2 Å². The summed E-state index contributed by atoms with van der Waals surface area (Å²) in [5.41, 5.74) is 0. The highest BCUT2D eigenvalue weighted by Crippen LogP contribution is 2.30. The molecule has 1 fully saturated rings. The van der Waals surface area contributed by atoms with Gasteiger partial charge >= 0.3 is 5.97 Å². The molecule has 0 aromatic heterocycles. The van der Waals surface area contributed by atoms with E-state index in [-0.39, 0.29) is 23.7 Å². The normalized spacial score (nSPS) is 23.1. The molecule has 0 heterocycles. The summed E-state index contributed by atoms with van der Waals surface area (Å²) in [4.78, 5) is 32.9. The fourth-order valence-corrected chi connectivity index (χ4v) is 2.01. The van der Waals surface area contributed by atoms with Gasteiger partial charge in [0.2, 0.25) is 11.8 Å². The third kappa shape index (κ3) is 4.42. The van der Waals surface area contributed by atoms with Crippen molar-refractivity contribution in [2.24, 2.45) is 11.8 Å². The summed E-state index contributed by atoms with van der Waals surface area (Å²) in [5, 5.41) is 14.1. The lowest BCUT2D eigenvalue weighted by Crippen LogP contribution is -2.36. The van der Waals surface area contributed by atoms with Gasteiger partial charge in [-0.3, -0.25) is 14.4 Å². The van der Waals surface area contributed by atoms with Crippen LogP contribution in [0.25, 0.3) is 0 Å². The maximum Gasteiger partial charge on any atom is 0.306 e. The summed E-state index contributed by atoms with van der Waals surface area (Å²) in [6.45, 7) is 2.19. The van der Waals surface area contributed by atoms with Crippen LogP contribution in [0.3, 0.4) is 0 Å². The van der Waals surface area contributed by atoms with Crippen molar-refractivity contribution in [3.05, 3.63) is 0 Å². The van der Waals surface area contributed by atoms with Crippen molar-refractivity contribution in [1.29, 1.82) is 0 Å². The lowest BCUT2D eigenvalue weighted by atomic mass is 10.0. The molecule has 1 aliphatic rings. The molecule has 0 aromatic rings. The SMILES string of the molecule is CC(=O)NCCNC(=O)C1CCC(C(=O)O)C1. The van der Waals surface area contributed by atoms with E-state index in [1.165, 1.54) is 6.92 Å². The van der Waals surface area contributed by atoms with E-state index in [2.05, 4.69) is 10.6 Å². The second-order valence-electron chi connectivity index (χ2n) is 4.32. The summed E-state index contributed by atoms with van der Waals surface area (Å²) in [7, 11) is 0. The van der Waals surface area contributed by atoms with Gasteiger partial charge in [-0.2, -0.15) is 0 Å². The predicted octanol–water partition coefficient (Wildman–Crippen LogP) is -0.260. The molecule has 0 spiro atoms. The van der Waals surface area contributed by atoms with Crippen LogP contribution in [0.1, 0.15) is 26.2 Å². The zero-order chi connectivity index (χ0) is 12.8. The van der Waals surface area contributed by atoms with Crippen molar-refractivity contribution < 1.29 is 19.5 Å². The van der Waals surface area contributed by atoms with Gasteiger partial charge in [0.15, 0.2) is 0 Å². The number of rotatable bonds is 5. The first-order chi connectivity index (χ1) is 8.00. The molecule has 1 rings (SSSR count). The fraction of sp³-hybridized carbons (Fsp3) is 0.727. The molecule has 1 saturated carbocycles. The Morgan fingerprint density at radius 2 is 1.71 bits per heavy atom. The first-order valence-electron chi connectivity index (χ1n) is 5.75. The minimum Gasteiger partial charge on any atom is -0.481 e. The van der Waals surface area contributed by atoms with Gasteiger partial charge in [-0.1, -0.05) is 0 Å². The van der Waals surface area contributed by atoms with Gasteiger partial charge in [0.05, 0.1) is 5.92 Å². The average molecular weight is 242 g/mol. The Hall–Kier alpha value is -1.59. The molecule has 0 saturated heterocycles. The minimum absolute atomic E-state index is 0.112. The maximum atomic E-state index is 11.6. The lowest BCUT2D eigenvalue weighted by molar-refractivity contribution is -0.141. The van der Waals surface area contributed by atoms with Crippen LogP contribution < -0.4 is 10.6 Å². The standard InChI is InChI=1S/C11H18N2O4/c1-7(14)12-4-5-13-10(15)8-2-3-9(6-8)11(16)17/h8-9H,2-6H2,1H3,(H,12,14)(H,13,15)(H,16,17). The van der Waals surface area contributed by atoms with Crippen LogP contribution in [0.5, 0.6) is 0 Å². The number of hydrogen-bond acceptors (Lipinski definition) is 3. The second kappa shape index (κ2) is 6.22. The number of hydrogen-bond donors (Lipinski definition) is 3. The number of nitrogens with one attached hydrogen (secondary N) is 2. The summed E-state index contributed by atoms with van der Waals surface area (Å²) in [5.74, 6) is -1.65. The largest absolute Gasteiger partial charge is 0.481 e. The maximum absolute atomic E-state index is 11.6. The number of carboxylic acid groups (broad SMARTS) is 1. The van der Waals surface area contributed by atoms with Crippen LogP contribution in [0.15, 0.2) is 0 Å². The number of amides is 2. The van der Waals surface area contributed by atoms with Crippen LogP contribution in [-0.4, -0.2) is 36.0 Å². The Bertz CT molecular complexity index is 317. The van der Waals surface area contributed by atoms with Gasteiger partial charge in [0.25, 0.3) is 0 Å². The molecular formula is C11H18N2O4.